The van der Waals surface area contributed by atoms with Gasteiger partial charge in [-0.25, -0.2) is 8.91 Å². The van der Waals surface area contributed by atoms with Gasteiger partial charge in [0.2, 0.25) is 0 Å². The fraction of sp³-hybridized carbons (Fsp3) is 0.0476. The number of carbonyl (C=O) groups is 1. The molecule has 0 aliphatic heterocycles. The molecular weight excluding hydrogens is 425 g/mol. The minimum Gasteiger partial charge on any atom is -0.293 e. The Bertz CT molecular complexity index is 1400. The van der Waals surface area contributed by atoms with Crippen LogP contribution in [0.4, 0.5) is 4.39 Å². The molecule has 2 aromatic carbocycles. The number of Topliss-reactive ketones (excluding diaryl/α,β-unsaturated/α-hetero) is 1. The Morgan fingerprint density at radius 2 is 1.87 bits per heavy atom. The maximum absolute atomic E-state index is 13.8. The summed E-state index contributed by atoms with van der Waals surface area (Å²) in [6.07, 6.45) is 3.59. The van der Waals surface area contributed by atoms with Crippen molar-refractivity contribution in [1.82, 2.24) is 24.2 Å². The molecular formula is C21H13ClFN5OS. The summed E-state index contributed by atoms with van der Waals surface area (Å²) in [6.45, 7) is 0. The number of thioether (sulfide) groups is 1. The van der Waals surface area contributed by atoms with E-state index in [0.29, 0.717) is 15.8 Å². The largest absolute Gasteiger partial charge is 0.293 e. The molecule has 0 bridgehead atoms. The maximum Gasteiger partial charge on any atom is 0.196 e. The molecule has 0 aliphatic rings. The number of nitrogens with zero attached hydrogens (tertiary/aromatic N) is 5. The van der Waals surface area contributed by atoms with Gasteiger partial charge in [0.05, 0.1) is 17.0 Å². The molecule has 5 aromatic rings. The zero-order valence-electron chi connectivity index (χ0n) is 15.4. The number of rotatable bonds is 5. The number of ketones is 1. The highest BCUT2D eigenvalue weighted by molar-refractivity contribution is 7.99. The van der Waals surface area contributed by atoms with Gasteiger partial charge in [0.15, 0.2) is 16.6 Å². The molecule has 0 radical (unpaired) electrons. The van der Waals surface area contributed by atoms with Crippen molar-refractivity contribution >= 4 is 40.3 Å². The van der Waals surface area contributed by atoms with Crippen molar-refractivity contribution in [3.05, 3.63) is 83.4 Å². The van der Waals surface area contributed by atoms with Crippen LogP contribution in [-0.4, -0.2) is 35.7 Å². The average molecular weight is 438 g/mol. The number of carbonyl (C=O) groups excluding carboxylic acids is 1. The smallest absolute Gasteiger partial charge is 0.196 e. The Labute approximate surface area is 179 Å². The van der Waals surface area contributed by atoms with Crippen LogP contribution >= 0.6 is 23.4 Å². The second kappa shape index (κ2) is 7.55. The maximum atomic E-state index is 13.8. The number of halogens is 2. The molecule has 3 heterocycles. The molecule has 0 spiro atoms. The Kier molecular flexibility index (Phi) is 4.72. The van der Waals surface area contributed by atoms with Crippen molar-refractivity contribution in [2.75, 3.05) is 5.75 Å². The van der Waals surface area contributed by atoms with Crippen LogP contribution in [0.25, 0.3) is 22.4 Å². The first-order chi connectivity index (χ1) is 14.6. The summed E-state index contributed by atoms with van der Waals surface area (Å²) in [7, 11) is 0. The molecule has 0 atom stereocenters. The molecule has 0 unspecified atom stereocenters. The third kappa shape index (κ3) is 3.34. The zero-order chi connectivity index (χ0) is 20.7. The summed E-state index contributed by atoms with van der Waals surface area (Å²) < 4.78 is 17.3. The third-order valence-electron chi connectivity index (χ3n) is 4.63. The van der Waals surface area contributed by atoms with E-state index in [-0.39, 0.29) is 17.1 Å². The van der Waals surface area contributed by atoms with Crippen LogP contribution < -0.4 is 0 Å². The van der Waals surface area contributed by atoms with Crippen LogP contribution in [0.3, 0.4) is 0 Å². The third-order valence-corrected chi connectivity index (χ3v) is 5.83. The monoisotopic (exact) mass is 437 g/mol. The number of fused-ring (bicyclic) bond motifs is 3. The standard InChI is InChI=1S/C21H13ClFN5OS/c22-14-7-5-13(6-8-14)17-11-18-20-24-25-21(27(20)9-10-28(18)26-17)30-12-19(29)15-3-1-2-4-16(15)23/h1-11H,12H2. The molecule has 0 aliphatic carbocycles. The van der Waals surface area contributed by atoms with Gasteiger partial charge >= 0.3 is 0 Å². The summed E-state index contributed by atoms with van der Waals surface area (Å²) in [4.78, 5) is 12.4. The number of aromatic nitrogens is 5. The van der Waals surface area contributed by atoms with Gasteiger partial charge in [0, 0.05) is 23.0 Å². The van der Waals surface area contributed by atoms with E-state index in [1.54, 1.807) is 33.4 Å². The highest BCUT2D eigenvalue weighted by Crippen LogP contribution is 2.25. The first kappa shape index (κ1) is 18.8. The molecule has 6 nitrogen and oxygen atoms in total. The molecule has 0 N–H and O–H groups in total. The van der Waals surface area contributed by atoms with E-state index in [1.165, 1.54) is 23.9 Å². The first-order valence-corrected chi connectivity index (χ1v) is 10.4. The fourth-order valence-corrected chi connectivity index (χ4v) is 4.07. The Balaban J connectivity index is 1.45. The molecule has 148 valence electrons. The van der Waals surface area contributed by atoms with Crippen molar-refractivity contribution in [3.63, 3.8) is 0 Å². The average Bonchev–Trinajstić information content (AvgIpc) is 3.36. The van der Waals surface area contributed by atoms with E-state index in [9.17, 15) is 9.18 Å². The van der Waals surface area contributed by atoms with Crippen molar-refractivity contribution in [1.29, 1.82) is 0 Å². The van der Waals surface area contributed by atoms with Gasteiger partial charge in [0.1, 0.15) is 11.3 Å². The Hall–Kier alpha value is -3.23. The van der Waals surface area contributed by atoms with Crippen LogP contribution in [-0.2, 0) is 0 Å². The fourth-order valence-electron chi connectivity index (χ4n) is 3.15. The highest BCUT2D eigenvalue weighted by Gasteiger charge is 2.16. The van der Waals surface area contributed by atoms with E-state index in [0.717, 1.165) is 16.8 Å². The molecule has 0 amide bonds. The second-order valence-corrected chi connectivity index (χ2v) is 7.91. The first-order valence-electron chi connectivity index (χ1n) is 9.00. The summed E-state index contributed by atoms with van der Waals surface area (Å²) in [6, 6.07) is 15.3. The lowest BCUT2D eigenvalue weighted by atomic mass is 10.1. The number of benzene rings is 2. The molecule has 30 heavy (non-hydrogen) atoms. The molecule has 5 rings (SSSR count). The zero-order valence-corrected chi connectivity index (χ0v) is 16.9. The lowest BCUT2D eigenvalue weighted by Gasteiger charge is -2.02. The predicted molar refractivity (Wildman–Crippen MR) is 114 cm³/mol. The summed E-state index contributed by atoms with van der Waals surface area (Å²) in [5.41, 5.74) is 3.19. The number of hydrogen-bond donors (Lipinski definition) is 0. The van der Waals surface area contributed by atoms with Gasteiger partial charge in [-0.2, -0.15) is 5.10 Å². The van der Waals surface area contributed by atoms with Gasteiger partial charge < -0.3 is 0 Å². The number of hydrogen-bond acceptors (Lipinski definition) is 5. The summed E-state index contributed by atoms with van der Waals surface area (Å²) in [5, 5.41) is 14.3. The molecule has 9 heteroatoms. The molecule has 0 saturated heterocycles. The lowest BCUT2D eigenvalue weighted by molar-refractivity contribution is 0.101. The van der Waals surface area contributed by atoms with Gasteiger partial charge in [-0.05, 0) is 30.3 Å². The van der Waals surface area contributed by atoms with Crippen molar-refractivity contribution < 1.29 is 9.18 Å². The Morgan fingerprint density at radius 3 is 2.67 bits per heavy atom. The SMILES string of the molecule is O=C(CSc1nnc2c3cc(-c4ccc(Cl)cc4)nn3ccn12)c1ccccc1F. The predicted octanol–water partition coefficient (Wildman–Crippen LogP) is 4.81. The van der Waals surface area contributed by atoms with E-state index in [2.05, 4.69) is 15.3 Å². The second-order valence-electron chi connectivity index (χ2n) is 6.53. The highest BCUT2D eigenvalue weighted by atomic mass is 35.5. The normalized spacial score (nSPS) is 11.4. The minimum absolute atomic E-state index is 0.0577. The van der Waals surface area contributed by atoms with Gasteiger partial charge in [-0.1, -0.05) is 47.6 Å². The van der Waals surface area contributed by atoms with Crippen LogP contribution in [0.5, 0.6) is 0 Å². The van der Waals surface area contributed by atoms with Crippen molar-refractivity contribution in [3.8, 4) is 11.3 Å². The van der Waals surface area contributed by atoms with E-state index < -0.39 is 5.82 Å². The van der Waals surface area contributed by atoms with Crippen molar-refractivity contribution in [2.24, 2.45) is 0 Å². The van der Waals surface area contributed by atoms with E-state index >= 15 is 0 Å². The topological polar surface area (TPSA) is 64.6 Å². The lowest BCUT2D eigenvalue weighted by Crippen LogP contribution is -2.05. The van der Waals surface area contributed by atoms with Gasteiger partial charge in [-0.15, -0.1) is 10.2 Å². The summed E-state index contributed by atoms with van der Waals surface area (Å²) in [5.74, 6) is -0.766. The van der Waals surface area contributed by atoms with Crippen LogP contribution in [0.15, 0.2) is 72.1 Å². The minimum atomic E-state index is -0.523. The van der Waals surface area contributed by atoms with Crippen LogP contribution in [0.2, 0.25) is 5.02 Å². The molecule has 0 fully saturated rings. The van der Waals surface area contributed by atoms with E-state index in [1.807, 2.05) is 30.3 Å². The van der Waals surface area contributed by atoms with E-state index in [4.69, 9.17) is 11.6 Å². The van der Waals surface area contributed by atoms with Gasteiger partial charge in [0.25, 0.3) is 0 Å². The van der Waals surface area contributed by atoms with Crippen LogP contribution in [0, 0.1) is 5.82 Å². The van der Waals surface area contributed by atoms with Gasteiger partial charge in [-0.3, -0.25) is 9.20 Å². The van der Waals surface area contributed by atoms with Crippen molar-refractivity contribution in [2.45, 2.75) is 5.16 Å². The quantitative estimate of drug-likeness (QED) is 0.291. The summed E-state index contributed by atoms with van der Waals surface area (Å²) >= 11 is 7.17. The van der Waals surface area contributed by atoms with Crippen LogP contribution in [0.1, 0.15) is 10.4 Å². The molecule has 0 saturated carbocycles. The molecule has 3 aromatic heterocycles. The Morgan fingerprint density at radius 1 is 1.07 bits per heavy atom.